The predicted molar refractivity (Wildman–Crippen MR) is 67.1 cm³/mol. The maximum atomic E-state index is 13.6. The molecule has 2 aromatic rings. The molecule has 1 aromatic carbocycles. The molecule has 0 saturated carbocycles. The fourth-order valence-electron chi connectivity index (χ4n) is 1.49. The lowest BCUT2D eigenvalue weighted by Gasteiger charge is -2.06. The zero-order valence-corrected chi connectivity index (χ0v) is 10.2. The van der Waals surface area contributed by atoms with Gasteiger partial charge < -0.3 is 10.5 Å². The molecule has 2 nitrogen and oxygen atoms in total. The quantitative estimate of drug-likeness (QED) is 0.886. The Morgan fingerprint density at radius 2 is 2.12 bits per heavy atom. The summed E-state index contributed by atoms with van der Waals surface area (Å²) in [5.41, 5.74) is 6.80. The van der Waals surface area contributed by atoms with Crippen LogP contribution in [-0.2, 0) is 24.5 Å². The van der Waals surface area contributed by atoms with E-state index in [1.165, 1.54) is 6.07 Å². The van der Waals surface area contributed by atoms with Gasteiger partial charge in [-0.2, -0.15) is 0 Å². The molecular weight excluding hydrogens is 237 g/mol. The molecule has 0 saturated heterocycles. The van der Waals surface area contributed by atoms with Gasteiger partial charge in [-0.25, -0.2) is 4.39 Å². The molecule has 0 spiro atoms. The van der Waals surface area contributed by atoms with Crippen molar-refractivity contribution in [3.8, 4) is 0 Å². The minimum Gasteiger partial charge on any atom is -0.371 e. The van der Waals surface area contributed by atoms with Crippen molar-refractivity contribution >= 4 is 11.3 Å². The predicted octanol–water partition coefficient (Wildman–Crippen LogP) is 3.06. The topological polar surface area (TPSA) is 35.2 Å². The van der Waals surface area contributed by atoms with Crippen LogP contribution in [0.1, 0.15) is 16.0 Å². The summed E-state index contributed by atoms with van der Waals surface area (Å²) < 4.78 is 19.0. The number of hydrogen-bond donors (Lipinski definition) is 1. The van der Waals surface area contributed by atoms with Crippen LogP contribution in [0.2, 0.25) is 0 Å². The first-order valence-electron chi connectivity index (χ1n) is 5.37. The van der Waals surface area contributed by atoms with Gasteiger partial charge in [-0.3, -0.25) is 0 Å². The molecule has 2 N–H and O–H groups in total. The van der Waals surface area contributed by atoms with Gasteiger partial charge in [-0.05, 0) is 23.1 Å². The maximum Gasteiger partial charge on any atom is 0.129 e. The smallest absolute Gasteiger partial charge is 0.129 e. The van der Waals surface area contributed by atoms with E-state index in [0.29, 0.717) is 18.7 Å². The molecule has 1 heterocycles. The van der Waals surface area contributed by atoms with E-state index in [1.54, 1.807) is 17.4 Å². The first-order valence-corrected chi connectivity index (χ1v) is 6.25. The second-order valence-electron chi connectivity index (χ2n) is 3.70. The molecular formula is C13H14FNOS. The van der Waals surface area contributed by atoms with E-state index in [9.17, 15) is 4.39 Å². The molecule has 0 unspecified atom stereocenters. The van der Waals surface area contributed by atoms with Crippen molar-refractivity contribution in [2.45, 2.75) is 19.8 Å². The Labute approximate surface area is 104 Å². The van der Waals surface area contributed by atoms with Gasteiger partial charge in [-0.1, -0.05) is 18.2 Å². The standard InChI is InChI=1S/C13H14FNOS/c14-13-6-10(7-15)3-4-11(13)8-16-9-12-2-1-5-17-12/h1-6H,7-9,15H2. The lowest BCUT2D eigenvalue weighted by molar-refractivity contribution is 0.107. The fourth-order valence-corrected chi connectivity index (χ4v) is 2.13. The number of halogens is 1. The van der Waals surface area contributed by atoms with Crippen LogP contribution < -0.4 is 5.73 Å². The van der Waals surface area contributed by atoms with Crippen LogP contribution in [0.5, 0.6) is 0 Å². The van der Waals surface area contributed by atoms with E-state index >= 15 is 0 Å². The van der Waals surface area contributed by atoms with Gasteiger partial charge in [0.25, 0.3) is 0 Å². The van der Waals surface area contributed by atoms with Gasteiger partial charge in [0, 0.05) is 17.0 Å². The molecule has 0 atom stereocenters. The minimum absolute atomic E-state index is 0.251. The highest BCUT2D eigenvalue weighted by molar-refractivity contribution is 7.09. The molecule has 0 bridgehead atoms. The zero-order chi connectivity index (χ0) is 12.1. The molecule has 90 valence electrons. The van der Waals surface area contributed by atoms with Gasteiger partial charge in [0.2, 0.25) is 0 Å². The van der Waals surface area contributed by atoms with E-state index in [2.05, 4.69) is 0 Å². The van der Waals surface area contributed by atoms with Crippen LogP contribution in [0.3, 0.4) is 0 Å². The van der Waals surface area contributed by atoms with E-state index in [4.69, 9.17) is 10.5 Å². The summed E-state index contributed by atoms with van der Waals surface area (Å²) in [6.45, 7) is 1.16. The molecule has 0 aliphatic heterocycles. The maximum absolute atomic E-state index is 13.6. The van der Waals surface area contributed by atoms with Gasteiger partial charge in [-0.15, -0.1) is 11.3 Å². The average Bonchev–Trinajstić information content (AvgIpc) is 2.84. The van der Waals surface area contributed by atoms with Crippen LogP contribution in [0.25, 0.3) is 0 Å². The second-order valence-corrected chi connectivity index (χ2v) is 4.73. The Morgan fingerprint density at radius 1 is 1.24 bits per heavy atom. The van der Waals surface area contributed by atoms with Crippen molar-refractivity contribution in [3.05, 3.63) is 57.5 Å². The van der Waals surface area contributed by atoms with Crippen molar-refractivity contribution in [2.24, 2.45) is 5.73 Å². The number of hydrogen-bond acceptors (Lipinski definition) is 3. The summed E-state index contributed by atoms with van der Waals surface area (Å²) >= 11 is 1.63. The third-order valence-electron chi connectivity index (χ3n) is 2.44. The van der Waals surface area contributed by atoms with Gasteiger partial charge in [0.1, 0.15) is 5.82 Å². The average molecular weight is 251 g/mol. The van der Waals surface area contributed by atoms with Crippen LogP contribution in [0.4, 0.5) is 4.39 Å². The molecule has 0 radical (unpaired) electrons. The van der Waals surface area contributed by atoms with Crippen LogP contribution >= 0.6 is 11.3 Å². The molecule has 0 aliphatic rings. The highest BCUT2D eigenvalue weighted by Gasteiger charge is 2.03. The van der Waals surface area contributed by atoms with Gasteiger partial charge in [0.15, 0.2) is 0 Å². The SMILES string of the molecule is NCc1ccc(COCc2cccs2)c(F)c1. The number of nitrogens with two attached hydrogens (primary N) is 1. The normalized spacial score (nSPS) is 10.7. The van der Waals surface area contributed by atoms with Crippen LogP contribution in [-0.4, -0.2) is 0 Å². The van der Waals surface area contributed by atoms with Crippen molar-refractivity contribution in [3.63, 3.8) is 0 Å². The van der Waals surface area contributed by atoms with E-state index < -0.39 is 0 Å². The Bertz CT molecular complexity index is 470. The molecule has 0 amide bonds. The van der Waals surface area contributed by atoms with E-state index in [1.807, 2.05) is 23.6 Å². The summed E-state index contributed by atoms with van der Waals surface area (Å²) in [4.78, 5) is 1.14. The Hall–Kier alpha value is -1.23. The highest BCUT2D eigenvalue weighted by Crippen LogP contribution is 2.14. The van der Waals surface area contributed by atoms with Crippen molar-refractivity contribution in [1.29, 1.82) is 0 Å². The molecule has 0 fully saturated rings. The van der Waals surface area contributed by atoms with Gasteiger partial charge >= 0.3 is 0 Å². The third-order valence-corrected chi connectivity index (χ3v) is 3.29. The monoisotopic (exact) mass is 251 g/mol. The summed E-state index contributed by atoms with van der Waals surface area (Å²) in [7, 11) is 0. The Balaban J connectivity index is 1.90. The lowest BCUT2D eigenvalue weighted by atomic mass is 10.1. The largest absolute Gasteiger partial charge is 0.371 e. The summed E-state index contributed by atoms with van der Waals surface area (Å²) in [6.07, 6.45) is 0. The number of benzene rings is 1. The fraction of sp³-hybridized carbons (Fsp3) is 0.231. The number of thiophene rings is 1. The summed E-state index contributed by atoms with van der Waals surface area (Å²) in [5, 5.41) is 2.00. The highest BCUT2D eigenvalue weighted by atomic mass is 32.1. The molecule has 17 heavy (non-hydrogen) atoms. The lowest BCUT2D eigenvalue weighted by Crippen LogP contribution is -2.00. The van der Waals surface area contributed by atoms with E-state index in [-0.39, 0.29) is 12.4 Å². The van der Waals surface area contributed by atoms with Crippen LogP contribution in [0, 0.1) is 5.82 Å². The van der Waals surface area contributed by atoms with Gasteiger partial charge in [0.05, 0.1) is 13.2 Å². The first-order chi connectivity index (χ1) is 8.29. The zero-order valence-electron chi connectivity index (χ0n) is 9.36. The summed E-state index contributed by atoms with van der Waals surface area (Å²) in [6, 6.07) is 8.99. The Kier molecular flexibility index (Phi) is 4.25. The molecule has 1 aromatic heterocycles. The molecule has 0 aliphatic carbocycles. The Morgan fingerprint density at radius 3 is 2.76 bits per heavy atom. The third kappa shape index (κ3) is 3.36. The van der Waals surface area contributed by atoms with Crippen molar-refractivity contribution < 1.29 is 9.13 Å². The first kappa shape index (κ1) is 12.2. The van der Waals surface area contributed by atoms with E-state index in [0.717, 1.165) is 10.4 Å². The number of rotatable bonds is 5. The number of ether oxygens (including phenoxy) is 1. The van der Waals surface area contributed by atoms with Crippen molar-refractivity contribution in [2.75, 3.05) is 0 Å². The summed E-state index contributed by atoms with van der Waals surface area (Å²) in [5.74, 6) is -0.251. The second kappa shape index (κ2) is 5.91. The molecule has 2 rings (SSSR count). The molecule has 4 heteroatoms. The van der Waals surface area contributed by atoms with Crippen molar-refractivity contribution in [1.82, 2.24) is 0 Å². The minimum atomic E-state index is -0.251. The van der Waals surface area contributed by atoms with Crippen LogP contribution in [0.15, 0.2) is 35.7 Å².